The minimum Gasteiger partial charge on any atom is -0.306 e. The Morgan fingerprint density at radius 2 is 1.46 bits per heavy atom. The Bertz CT molecular complexity index is 803. The molecule has 0 aromatic heterocycles. The highest BCUT2D eigenvalue weighted by Crippen LogP contribution is 2.46. The van der Waals surface area contributed by atoms with Gasteiger partial charge in [0.15, 0.2) is 0 Å². The number of carbonyl (C=O) groups excluding carboxylic acids is 2. The fourth-order valence-corrected chi connectivity index (χ4v) is 4.44. The number of rotatable bonds is 4. The number of anilines is 1. The summed E-state index contributed by atoms with van der Waals surface area (Å²) >= 11 is 0. The maximum Gasteiger partial charge on any atom is 0.239 e. The molecule has 2 aliphatic heterocycles. The Balaban J connectivity index is 1.74. The second kappa shape index (κ2) is 6.69. The highest BCUT2D eigenvalue weighted by Gasteiger charge is 2.59. The lowest BCUT2D eigenvalue weighted by Crippen LogP contribution is -2.40. The van der Waals surface area contributed by atoms with Gasteiger partial charge in [-0.25, -0.2) is 4.90 Å². The van der Waals surface area contributed by atoms with Crippen LogP contribution in [0.2, 0.25) is 0 Å². The molecule has 26 heavy (non-hydrogen) atoms. The molecule has 2 fully saturated rings. The number of para-hydroxylation sites is 1. The number of hydrogen-bond acceptors (Lipinski definition) is 3. The lowest BCUT2D eigenvalue weighted by molar-refractivity contribution is -0.123. The predicted octanol–water partition coefficient (Wildman–Crippen LogP) is 3.55. The van der Waals surface area contributed by atoms with E-state index in [1.165, 1.54) is 4.90 Å². The van der Waals surface area contributed by atoms with Crippen molar-refractivity contribution < 1.29 is 9.59 Å². The minimum atomic E-state index is -0.339. The molecule has 0 unspecified atom stereocenters. The third kappa shape index (κ3) is 2.74. The number of benzene rings is 2. The molecule has 0 radical (unpaired) electrons. The maximum absolute atomic E-state index is 13.3. The van der Waals surface area contributed by atoms with Crippen LogP contribution in [0.5, 0.6) is 0 Å². The number of imide groups is 1. The van der Waals surface area contributed by atoms with E-state index in [4.69, 9.17) is 0 Å². The van der Waals surface area contributed by atoms with E-state index in [0.717, 1.165) is 12.0 Å². The van der Waals surface area contributed by atoms with Crippen LogP contribution in [-0.2, 0) is 9.59 Å². The molecule has 0 spiro atoms. The molecule has 4 heteroatoms. The summed E-state index contributed by atoms with van der Waals surface area (Å²) < 4.78 is 0. The summed E-state index contributed by atoms with van der Waals surface area (Å²) in [6.07, 6.45) is 0.881. The van der Waals surface area contributed by atoms with E-state index < -0.39 is 0 Å². The molecule has 4 atom stereocenters. The SMILES string of the molecule is CC(C)C[C@@H]1N[C@@H](c2ccccc2)[C@H]2C(=O)N(c3ccccc3)C(=O)[C@@H]21. The first-order valence-electron chi connectivity index (χ1n) is 9.32. The quantitative estimate of drug-likeness (QED) is 0.860. The summed E-state index contributed by atoms with van der Waals surface area (Å²) in [7, 11) is 0. The van der Waals surface area contributed by atoms with Crippen LogP contribution in [0.1, 0.15) is 31.9 Å². The number of carbonyl (C=O) groups is 2. The molecule has 2 aromatic rings. The first kappa shape index (κ1) is 17.0. The number of hydrogen-bond donors (Lipinski definition) is 1. The fraction of sp³-hybridized carbons (Fsp3) is 0.364. The van der Waals surface area contributed by atoms with Gasteiger partial charge in [-0.15, -0.1) is 0 Å². The molecule has 2 amide bonds. The van der Waals surface area contributed by atoms with E-state index in [9.17, 15) is 9.59 Å². The monoisotopic (exact) mass is 348 g/mol. The average molecular weight is 348 g/mol. The Morgan fingerprint density at radius 1 is 0.885 bits per heavy atom. The van der Waals surface area contributed by atoms with Crippen LogP contribution in [0.25, 0.3) is 0 Å². The Labute approximate surface area is 154 Å². The zero-order valence-corrected chi connectivity index (χ0v) is 15.1. The first-order valence-corrected chi connectivity index (χ1v) is 9.32. The smallest absolute Gasteiger partial charge is 0.239 e. The van der Waals surface area contributed by atoms with Crippen molar-refractivity contribution in [3.63, 3.8) is 0 Å². The highest BCUT2D eigenvalue weighted by molar-refractivity contribution is 6.22. The van der Waals surface area contributed by atoms with Gasteiger partial charge in [0.05, 0.1) is 17.5 Å². The van der Waals surface area contributed by atoms with Gasteiger partial charge in [0.25, 0.3) is 0 Å². The summed E-state index contributed by atoms with van der Waals surface area (Å²) in [6, 6.07) is 19.2. The fourth-order valence-electron chi connectivity index (χ4n) is 4.44. The number of amides is 2. The lowest BCUT2D eigenvalue weighted by Gasteiger charge is -2.23. The summed E-state index contributed by atoms with van der Waals surface area (Å²) in [5.41, 5.74) is 1.75. The molecular weight excluding hydrogens is 324 g/mol. The van der Waals surface area contributed by atoms with Crippen LogP contribution in [0.15, 0.2) is 60.7 Å². The van der Waals surface area contributed by atoms with E-state index in [-0.39, 0.29) is 35.7 Å². The van der Waals surface area contributed by atoms with E-state index in [2.05, 4.69) is 19.2 Å². The normalized spacial score (nSPS) is 28.0. The Hall–Kier alpha value is -2.46. The van der Waals surface area contributed by atoms with Crippen LogP contribution in [0, 0.1) is 17.8 Å². The van der Waals surface area contributed by atoms with Gasteiger partial charge in [0, 0.05) is 12.1 Å². The van der Waals surface area contributed by atoms with Crippen LogP contribution < -0.4 is 10.2 Å². The van der Waals surface area contributed by atoms with Crippen LogP contribution in [0.3, 0.4) is 0 Å². The van der Waals surface area contributed by atoms with Gasteiger partial charge < -0.3 is 5.32 Å². The van der Waals surface area contributed by atoms with E-state index >= 15 is 0 Å². The second-order valence-corrected chi connectivity index (χ2v) is 7.69. The molecule has 2 aliphatic rings. The van der Waals surface area contributed by atoms with Gasteiger partial charge in [-0.05, 0) is 30.0 Å². The van der Waals surface area contributed by atoms with Crippen LogP contribution in [-0.4, -0.2) is 17.9 Å². The van der Waals surface area contributed by atoms with Crippen LogP contribution in [0.4, 0.5) is 5.69 Å². The van der Waals surface area contributed by atoms with Gasteiger partial charge in [-0.1, -0.05) is 62.4 Å². The molecule has 0 saturated carbocycles. The topological polar surface area (TPSA) is 49.4 Å². The van der Waals surface area contributed by atoms with Gasteiger partial charge in [0.1, 0.15) is 0 Å². The van der Waals surface area contributed by atoms with Crippen molar-refractivity contribution in [2.24, 2.45) is 17.8 Å². The van der Waals surface area contributed by atoms with Gasteiger partial charge in [0.2, 0.25) is 11.8 Å². The molecule has 2 heterocycles. The predicted molar refractivity (Wildman–Crippen MR) is 101 cm³/mol. The van der Waals surface area contributed by atoms with Crippen molar-refractivity contribution >= 4 is 17.5 Å². The lowest BCUT2D eigenvalue weighted by atomic mass is 9.84. The van der Waals surface area contributed by atoms with Gasteiger partial charge in [-0.2, -0.15) is 0 Å². The number of nitrogens with zero attached hydrogens (tertiary/aromatic N) is 1. The molecule has 0 aliphatic carbocycles. The molecule has 4 rings (SSSR count). The number of nitrogens with one attached hydrogen (secondary N) is 1. The molecule has 2 aromatic carbocycles. The van der Waals surface area contributed by atoms with Crippen molar-refractivity contribution in [2.75, 3.05) is 4.90 Å². The first-order chi connectivity index (χ1) is 12.6. The second-order valence-electron chi connectivity index (χ2n) is 7.69. The highest BCUT2D eigenvalue weighted by atomic mass is 16.2. The standard InChI is InChI=1S/C22H24N2O2/c1-14(2)13-17-18-19(20(23-17)15-9-5-3-6-10-15)22(26)24(21(18)25)16-11-7-4-8-12-16/h3-12,14,17-20,23H,13H2,1-2H3/t17-,18+,19-,20-/m0/s1. The molecule has 1 N–H and O–H groups in total. The third-order valence-corrected chi connectivity index (χ3v) is 5.48. The Kier molecular flexibility index (Phi) is 4.37. The largest absolute Gasteiger partial charge is 0.306 e. The Morgan fingerprint density at radius 3 is 2.08 bits per heavy atom. The van der Waals surface area contributed by atoms with Crippen molar-refractivity contribution in [1.82, 2.24) is 5.32 Å². The van der Waals surface area contributed by atoms with Gasteiger partial charge in [-0.3, -0.25) is 9.59 Å². The van der Waals surface area contributed by atoms with Crippen molar-refractivity contribution in [1.29, 1.82) is 0 Å². The molecule has 2 saturated heterocycles. The van der Waals surface area contributed by atoms with E-state index in [0.29, 0.717) is 11.6 Å². The van der Waals surface area contributed by atoms with Crippen molar-refractivity contribution in [3.8, 4) is 0 Å². The zero-order chi connectivity index (χ0) is 18.3. The van der Waals surface area contributed by atoms with Gasteiger partial charge >= 0.3 is 0 Å². The van der Waals surface area contributed by atoms with E-state index in [1.807, 2.05) is 60.7 Å². The summed E-state index contributed by atoms with van der Waals surface area (Å²) in [6.45, 7) is 4.31. The zero-order valence-electron chi connectivity index (χ0n) is 15.1. The molecule has 4 nitrogen and oxygen atoms in total. The van der Waals surface area contributed by atoms with Crippen molar-refractivity contribution in [2.45, 2.75) is 32.4 Å². The third-order valence-electron chi connectivity index (χ3n) is 5.48. The summed E-state index contributed by atoms with van der Waals surface area (Å²) in [4.78, 5) is 27.9. The maximum atomic E-state index is 13.3. The number of fused-ring (bicyclic) bond motifs is 1. The minimum absolute atomic E-state index is 0.0235. The molecular formula is C22H24N2O2. The summed E-state index contributed by atoms with van der Waals surface area (Å²) in [5, 5.41) is 3.61. The average Bonchev–Trinajstić information content (AvgIpc) is 3.13. The molecule has 0 bridgehead atoms. The van der Waals surface area contributed by atoms with Crippen molar-refractivity contribution in [3.05, 3.63) is 66.2 Å². The molecule has 134 valence electrons. The summed E-state index contributed by atoms with van der Waals surface area (Å²) in [5.74, 6) is -0.331. The van der Waals surface area contributed by atoms with E-state index in [1.54, 1.807) is 0 Å². The van der Waals surface area contributed by atoms with Crippen LogP contribution >= 0.6 is 0 Å².